The molecule has 0 amide bonds. The van der Waals surface area contributed by atoms with Crippen molar-refractivity contribution in [3.05, 3.63) is 34.9 Å². The van der Waals surface area contributed by atoms with Crippen LogP contribution in [-0.2, 0) is 9.78 Å². The molecule has 0 aromatic heterocycles. The molecule has 1 rings (SSSR count). The lowest BCUT2D eigenvalue weighted by Gasteiger charge is -2.04. The molecule has 0 N–H and O–H groups in total. The van der Waals surface area contributed by atoms with Crippen LogP contribution in [-0.4, -0.2) is 12.6 Å². The summed E-state index contributed by atoms with van der Waals surface area (Å²) in [7, 11) is 0. The molecule has 3 nitrogen and oxygen atoms in total. The van der Waals surface area contributed by atoms with Crippen molar-refractivity contribution in [2.24, 2.45) is 0 Å². The Hall–Kier alpha value is -1.35. The molecule has 0 atom stereocenters. The minimum Gasteiger partial charge on any atom is -0.293 e. The SMILES string of the molecule is CCCCOOC(=O)c1cc(C)cc(C)c1. The second-order valence-electron chi connectivity index (χ2n) is 3.92. The number of carbonyl (C=O) groups is 1. The zero-order chi connectivity index (χ0) is 12.0. The van der Waals surface area contributed by atoms with Crippen molar-refractivity contribution < 1.29 is 14.6 Å². The zero-order valence-corrected chi connectivity index (χ0v) is 10.1. The van der Waals surface area contributed by atoms with Crippen LogP contribution in [0.5, 0.6) is 0 Å². The second-order valence-corrected chi connectivity index (χ2v) is 3.92. The van der Waals surface area contributed by atoms with E-state index >= 15 is 0 Å². The number of benzene rings is 1. The molecule has 1 aromatic carbocycles. The maximum Gasteiger partial charge on any atom is 0.373 e. The molecule has 16 heavy (non-hydrogen) atoms. The maximum atomic E-state index is 11.6. The van der Waals surface area contributed by atoms with E-state index in [0.717, 1.165) is 24.0 Å². The van der Waals surface area contributed by atoms with Gasteiger partial charge in [0.25, 0.3) is 0 Å². The topological polar surface area (TPSA) is 35.5 Å². The summed E-state index contributed by atoms with van der Waals surface area (Å²) in [5, 5.41) is 0. The van der Waals surface area contributed by atoms with Gasteiger partial charge < -0.3 is 0 Å². The van der Waals surface area contributed by atoms with Gasteiger partial charge in [0, 0.05) is 0 Å². The first kappa shape index (κ1) is 12.7. The highest BCUT2D eigenvalue weighted by Crippen LogP contribution is 2.10. The monoisotopic (exact) mass is 222 g/mol. The third kappa shape index (κ3) is 4.03. The van der Waals surface area contributed by atoms with Crippen LogP contribution in [0.4, 0.5) is 0 Å². The molecule has 0 fully saturated rings. The first-order chi connectivity index (χ1) is 7.63. The molecule has 0 aliphatic carbocycles. The van der Waals surface area contributed by atoms with Gasteiger partial charge in [-0.15, -0.1) is 0 Å². The van der Waals surface area contributed by atoms with E-state index in [0.29, 0.717) is 12.2 Å². The number of unbranched alkanes of at least 4 members (excludes halogenated alkanes) is 1. The van der Waals surface area contributed by atoms with Gasteiger partial charge in [0.15, 0.2) is 0 Å². The Morgan fingerprint density at radius 2 is 1.81 bits per heavy atom. The summed E-state index contributed by atoms with van der Waals surface area (Å²) in [6.45, 7) is 6.39. The summed E-state index contributed by atoms with van der Waals surface area (Å²) in [6, 6.07) is 5.59. The van der Waals surface area contributed by atoms with Gasteiger partial charge in [-0.3, -0.25) is 4.89 Å². The van der Waals surface area contributed by atoms with Gasteiger partial charge >= 0.3 is 5.97 Å². The normalized spacial score (nSPS) is 10.2. The summed E-state index contributed by atoms with van der Waals surface area (Å²) >= 11 is 0. The molecule has 0 unspecified atom stereocenters. The van der Waals surface area contributed by atoms with Crippen LogP contribution < -0.4 is 0 Å². The Balaban J connectivity index is 2.52. The fourth-order valence-electron chi connectivity index (χ4n) is 1.44. The average Bonchev–Trinajstić information content (AvgIpc) is 2.22. The highest BCUT2D eigenvalue weighted by atomic mass is 17.2. The summed E-state index contributed by atoms with van der Waals surface area (Å²) in [5.41, 5.74) is 2.62. The quantitative estimate of drug-likeness (QED) is 0.436. The Morgan fingerprint density at radius 3 is 2.38 bits per heavy atom. The molecule has 0 radical (unpaired) electrons. The zero-order valence-electron chi connectivity index (χ0n) is 10.1. The van der Waals surface area contributed by atoms with Crippen LogP contribution in [0.15, 0.2) is 18.2 Å². The van der Waals surface area contributed by atoms with Crippen molar-refractivity contribution in [2.45, 2.75) is 33.6 Å². The Labute approximate surface area is 96.3 Å². The van der Waals surface area contributed by atoms with Crippen molar-refractivity contribution in [1.29, 1.82) is 0 Å². The molecule has 0 saturated carbocycles. The lowest BCUT2D eigenvalue weighted by molar-refractivity contribution is -0.241. The molecular weight excluding hydrogens is 204 g/mol. The van der Waals surface area contributed by atoms with E-state index in [2.05, 4.69) is 6.92 Å². The number of carbonyl (C=O) groups excluding carboxylic acids is 1. The van der Waals surface area contributed by atoms with Gasteiger partial charge in [-0.25, -0.2) is 4.79 Å². The molecular formula is C13H18O3. The molecule has 0 aliphatic heterocycles. The van der Waals surface area contributed by atoms with E-state index in [1.54, 1.807) is 12.1 Å². The third-order valence-electron chi connectivity index (χ3n) is 2.17. The van der Waals surface area contributed by atoms with Crippen LogP contribution in [0, 0.1) is 13.8 Å². The molecule has 0 spiro atoms. The Bertz CT molecular complexity index is 338. The molecule has 0 heterocycles. The number of hydrogen-bond donors (Lipinski definition) is 0. The van der Waals surface area contributed by atoms with Crippen LogP contribution in [0.3, 0.4) is 0 Å². The van der Waals surface area contributed by atoms with Gasteiger partial charge in [0.1, 0.15) is 0 Å². The van der Waals surface area contributed by atoms with E-state index < -0.39 is 5.97 Å². The van der Waals surface area contributed by atoms with Gasteiger partial charge in [0.05, 0.1) is 12.2 Å². The summed E-state index contributed by atoms with van der Waals surface area (Å²) in [6.07, 6.45) is 1.90. The minimum atomic E-state index is -0.428. The molecule has 0 bridgehead atoms. The Kier molecular flexibility index (Phi) is 4.99. The van der Waals surface area contributed by atoms with Crippen molar-refractivity contribution in [3.8, 4) is 0 Å². The van der Waals surface area contributed by atoms with E-state index in [1.165, 1.54) is 0 Å². The highest BCUT2D eigenvalue weighted by Gasteiger charge is 2.09. The van der Waals surface area contributed by atoms with Crippen molar-refractivity contribution in [2.75, 3.05) is 6.61 Å². The first-order valence-corrected chi connectivity index (χ1v) is 5.55. The summed E-state index contributed by atoms with van der Waals surface area (Å²) in [4.78, 5) is 21.1. The smallest absolute Gasteiger partial charge is 0.293 e. The maximum absolute atomic E-state index is 11.6. The fourth-order valence-corrected chi connectivity index (χ4v) is 1.44. The summed E-state index contributed by atoms with van der Waals surface area (Å²) in [5.74, 6) is -0.428. The first-order valence-electron chi connectivity index (χ1n) is 5.55. The predicted octanol–water partition coefficient (Wildman–Crippen LogP) is 3.19. The summed E-state index contributed by atoms with van der Waals surface area (Å²) < 4.78 is 0. The molecule has 0 aliphatic rings. The molecule has 88 valence electrons. The van der Waals surface area contributed by atoms with Crippen molar-refractivity contribution in [1.82, 2.24) is 0 Å². The average molecular weight is 222 g/mol. The standard InChI is InChI=1S/C13H18O3/c1-4-5-6-15-16-13(14)12-8-10(2)7-11(3)9-12/h7-9H,4-6H2,1-3H3. The van der Waals surface area contributed by atoms with Crippen LogP contribution in [0.2, 0.25) is 0 Å². The van der Waals surface area contributed by atoms with Gasteiger partial charge in [-0.2, -0.15) is 4.89 Å². The van der Waals surface area contributed by atoms with E-state index in [1.807, 2.05) is 19.9 Å². The van der Waals surface area contributed by atoms with Crippen LogP contribution >= 0.6 is 0 Å². The second kappa shape index (κ2) is 6.28. The highest BCUT2D eigenvalue weighted by molar-refractivity contribution is 5.89. The van der Waals surface area contributed by atoms with Crippen molar-refractivity contribution in [3.63, 3.8) is 0 Å². The molecule has 3 heteroatoms. The van der Waals surface area contributed by atoms with Crippen molar-refractivity contribution >= 4 is 5.97 Å². The Morgan fingerprint density at radius 1 is 1.19 bits per heavy atom. The molecule has 0 saturated heterocycles. The van der Waals surface area contributed by atoms with Gasteiger partial charge in [-0.05, 0) is 32.4 Å². The number of aryl methyl sites for hydroxylation is 2. The van der Waals surface area contributed by atoms with Crippen LogP contribution in [0.1, 0.15) is 41.3 Å². The van der Waals surface area contributed by atoms with Gasteiger partial charge in [0.2, 0.25) is 0 Å². The van der Waals surface area contributed by atoms with Gasteiger partial charge in [-0.1, -0.05) is 30.5 Å². The number of hydrogen-bond acceptors (Lipinski definition) is 3. The fraction of sp³-hybridized carbons (Fsp3) is 0.462. The van der Waals surface area contributed by atoms with E-state index in [4.69, 9.17) is 9.78 Å². The largest absolute Gasteiger partial charge is 0.373 e. The van der Waals surface area contributed by atoms with E-state index in [-0.39, 0.29) is 0 Å². The third-order valence-corrected chi connectivity index (χ3v) is 2.17. The lowest BCUT2D eigenvalue weighted by atomic mass is 10.1. The van der Waals surface area contributed by atoms with E-state index in [9.17, 15) is 4.79 Å². The van der Waals surface area contributed by atoms with Crippen LogP contribution in [0.25, 0.3) is 0 Å². The molecule has 1 aromatic rings. The minimum absolute atomic E-state index is 0.428. The number of rotatable bonds is 5. The lowest BCUT2D eigenvalue weighted by Crippen LogP contribution is -2.07. The predicted molar refractivity (Wildman–Crippen MR) is 62.2 cm³/mol.